The highest BCUT2D eigenvalue weighted by molar-refractivity contribution is 5.77. The molecule has 2 heterocycles. The molecule has 1 N–H and O–H groups in total. The van der Waals surface area contributed by atoms with Gasteiger partial charge in [0.1, 0.15) is 11.8 Å². The van der Waals surface area contributed by atoms with E-state index in [0.717, 1.165) is 25.0 Å². The number of anilines is 1. The van der Waals surface area contributed by atoms with Crippen molar-refractivity contribution in [3.8, 4) is 6.07 Å². The van der Waals surface area contributed by atoms with E-state index in [2.05, 4.69) is 9.97 Å². The van der Waals surface area contributed by atoms with Gasteiger partial charge >= 0.3 is 5.97 Å². The quantitative estimate of drug-likeness (QED) is 0.874. The third kappa shape index (κ3) is 1.82. The molecule has 0 aromatic carbocycles. The van der Waals surface area contributed by atoms with Gasteiger partial charge in [-0.25, -0.2) is 9.97 Å². The summed E-state index contributed by atoms with van der Waals surface area (Å²) in [4.78, 5) is 22.1. The zero-order valence-electron chi connectivity index (χ0n) is 11.3. The fourth-order valence-corrected chi connectivity index (χ4v) is 3.54. The number of aromatic nitrogens is 2. The lowest BCUT2D eigenvalue weighted by Crippen LogP contribution is -2.36. The van der Waals surface area contributed by atoms with Gasteiger partial charge in [-0.05, 0) is 31.7 Å². The fraction of sp³-hybridized carbons (Fsp3) is 0.571. The molecule has 2 atom stereocenters. The topological polar surface area (TPSA) is 90.1 Å². The van der Waals surface area contributed by atoms with Gasteiger partial charge in [0.15, 0.2) is 0 Å². The number of aliphatic carboxylic acids is 1. The van der Waals surface area contributed by atoms with Crippen LogP contribution < -0.4 is 4.90 Å². The Morgan fingerprint density at radius 1 is 1.60 bits per heavy atom. The largest absolute Gasteiger partial charge is 0.481 e. The highest BCUT2D eigenvalue weighted by atomic mass is 16.4. The second-order valence-electron chi connectivity index (χ2n) is 5.74. The molecule has 1 aliphatic heterocycles. The Morgan fingerprint density at radius 2 is 2.40 bits per heavy atom. The number of hydrogen-bond acceptors (Lipinski definition) is 5. The van der Waals surface area contributed by atoms with Crippen molar-refractivity contribution in [2.45, 2.75) is 26.2 Å². The van der Waals surface area contributed by atoms with Crippen LogP contribution in [0.25, 0.3) is 0 Å². The molecule has 6 heteroatoms. The Bertz CT molecular complexity index is 610. The van der Waals surface area contributed by atoms with Gasteiger partial charge in [0.2, 0.25) is 5.95 Å². The Hall–Kier alpha value is -2.16. The van der Waals surface area contributed by atoms with Crippen LogP contribution in [0.4, 0.5) is 5.95 Å². The van der Waals surface area contributed by atoms with Gasteiger partial charge in [-0.2, -0.15) is 5.26 Å². The molecule has 3 rings (SSSR count). The summed E-state index contributed by atoms with van der Waals surface area (Å²) in [6.07, 6.45) is 2.64. The summed E-state index contributed by atoms with van der Waals surface area (Å²) in [7, 11) is 0. The second kappa shape index (κ2) is 4.44. The van der Waals surface area contributed by atoms with Crippen LogP contribution in [-0.4, -0.2) is 34.1 Å². The van der Waals surface area contributed by atoms with E-state index in [4.69, 9.17) is 5.26 Å². The zero-order valence-corrected chi connectivity index (χ0v) is 11.3. The second-order valence-corrected chi connectivity index (χ2v) is 5.74. The first-order valence-electron chi connectivity index (χ1n) is 6.79. The van der Waals surface area contributed by atoms with Gasteiger partial charge in [0.05, 0.1) is 5.41 Å². The number of aryl methyl sites for hydroxylation is 1. The minimum atomic E-state index is -0.712. The van der Waals surface area contributed by atoms with E-state index in [9.17, 15) is 9.90 Å². The van der Waals surface area contributed by atoms with Gasteiger partial charge in [-0.1, -0.05) is 6.42 Å². The van der Waals surface area contributed by atoms with Crippen molar-refractivity contribution in [3.05, 3.63) is 17.5 Å². The van der Waals surface area contributed by atoms with Crippen LogP contribution in [-0.2, 0) is 4.79 Å². The minimum Gasteiger partial charge on any atom is -0.481 e. The van der Waals surface area contributed by atoms with Crippen molar-refractivity contribution < 1.29 is 9.90 Å². The molecule has 0 bridgehead atoms. The van der Waals surface area contributed by atoms with Crippen LogP contribution in [0.1, 0.15) is 30.7 Å². The molecule has 20 heavy (non-hydrogen) atoms. The molecule has 0 spiro atoms. The molecule has 1 aliphatic carbocycles. The van der Waals surface area contributed by atoms with Gasteiger partial charge in [0, 0.05) is 18.8 Å². The van der Waals surface area contributed by atoms with Crippen LogP contribution in [0.2, 0.25) is 0 Å². The van der Waals surface area contributed by atoms with Crippen LogP contribution in [0.15, 0.2) is 6.07 Å². The maximum Gasteiger partial charge on any atom is 0.311 e. The van der Waals surface area contributed by atoms with E-state index >= 15 is 0 Å². The number of rotatable bonds is 2. The molecular formula is C14H16N4O2. The van der Waals surface area contributed by atoms with Crippen LogP contribution in [0.5, 0.6) is 0 Å². The number of carboxylic acid groups (broad SMARTS) is 1. The lowest BCUT2D eigenvalue weighted by Gasteiger charge is -2.23. The SMILES string of the molecule is Cc1cc(C#N)nc(N2C[C@@H]3CCC[C@@]3(C(=O)O)C2)n1. The van der Waals surface area contributed by atoms with Gasteiger partial charge in [-0.3, -0.25) is 4.79 Å². The first-order chi connectivity index (χ1) is 9.55. The first-order valence-corrected chi connectivity index (χ1v) is 6.79. The highest BCUT2D eigenvalue weighted by Crippen LogP contribution is 2.49. The molecule has 2 aliphatic rings. The van der Waals surface area contributed by atoms with Gasteiger partial charge in [0.25, 0.3) is 0 Å². The van der Waals surface area contributed by atoms with Crippen molar-refractivity contribution in [1.29, 1.82) is 5.26 Å². The monoisotopic (exact) mass is 272 g/mol. The molecule has 1 saturated heterocycles. The minimum absolute atomic E-state index is 0.162. The lowest BCUT2D eigenvalue weighted by atomic mass is 9.81. The van der Waals surface area contributed by atoms with E-state index in [1.54, 1.807) is 6.07 Å². The van der Waals surface area contributed by atoms with Crippen molar-refractivity contribution in [2.24, 2.45) is 11.3 Å². The van der Waals surface area contributed by atoms with Crippen molar-refractivity contribution in [2.75, 3.05) is 18.0 Å². The third-order valence-electron chi connectivity index (χ3n) is 4.54. The highest BCUT2D eigenvalue weighted by Gasteiger charge is 2.55. The van der Waals surface area contributed by atoms with Crippen LogP contribution >= 0.6 is 0 Å². The summed E-state index contributed by atoms with van der Waals surface area (Å²) in [6, 6.07) is 3.65. The number of hydrogen-bond donors (Lipinski definition) is 1. The number of fused-ring (bicyclic) bond motifs is 1. The van der Waals surface area contributed by atoms with Crippen molar-refractivity contribution >= 4 is 11.9 Å². The average molecular weight is 272 g/mol. The number of nitrogens with zero attached hydrogens (tertiary/aromatic N) is 4. The molecule has 0 radical (unpaired) electrons. The predicted molar refractivity (Wildman–Crippen MR) is 71.1 cm³/mol. The molecule has 0 amide bonds. The first kappa shape index (κ1) is 12.9. The molecule has 6 nitrogen and oxygen atoms in total. The zero-order chi connectivity index (χ0) is 14.3. The van der Waals surface area contributed by atoms with Crippen LogP contribution in [0.3, 0.4) is 0 Å². The number of nitriles is 1. The van der Waals surface area contributed by atoms with Crippen LogP contribution in [0, 0.1) is 29.6 Å². The summed E-state index contributed by atoms with van der Waals surface area (Å²) in [6.45, 7) is 2.93. The molecule has 1 aromatic heterocycles. The van der Waals surface area contributed by atoms with E-state index in [1.165, 1.54) is 0 Å². The number of carbonyl (C=O) groups is 1. The molecule has 2 fully saturated rings. The summed E-state index contributed by atoms with van der Waals surface area (Å²) in [5, 5.41) is 18.6. The predicted octanol–water partition coefficient (Wildman–Crippen LogP) is 1.35. The third-order valence-corrected chi connectivity index (χ3v) is 4.54. The summed E-state index contributed by atoms with van der Waals surface area (Å²) in [5.74, 6) is -0.0677. The van der Waals surface area contributed by atoms with E-state index in [-0.39, 0.29) is 5.92 Å². The number of carboxylic acids is 1. The standard InChI is InChI=1S/C14H16N4O2/c1-9-5-11(6-15)17-13(16-9)18-7-10-3-2-4-14(10,8-18)12(19)20/h5,10H,2-4,7-8H2,1H3,(H,19,20)/t10-,14+/m0/s1. The Kier molecular flexibility index (Phi) is 2.85. The smallest absolute Gasteiger partial charge is 0.311 e. The van der Waals surface area contributed by atoms with Crippen molar-refractivity contribution in [1.82, 2.24) is 9.97 Å². The van der Waals surface area contributed by atoms with Gasteiger partial charge < -0.3 is 10.0 Å². The maximum absolute atomic E-state index is 11.7. The summed E-state index contributed by atoms with van der Waals surface area (Å²) >= 11 is 0. The normalized spacial score (nSPS) is 28.2. The molecule has 0 unspecified atom stereocenters. The Morgan fingerprint density at radius 3 is 3.05 bits per heavy atom. The maximum atomic E-state index is 11.7. The average Bonchev–Trinajstić information content (AvgIpc) is 2.95. The lowest BCUT2D eigenvalue weighted by molar-refractivity contribution is -0.149. The van der Waals surface area contributed by atoms with Crippen molar-refractivity contribution in [3.63, 3.8) is 0 Å². The molecule has 1 aromatic rings. The van der Waals surface area contributed by atoms with Gasteiger partial charge in [-0.15, -0.1) is 0 Å². The molecule has 104 valence electrons. The fourth-order valence-electron chi connectivity index (χ4n) is 3.54. The Labute approximate surface area is 117 Å². The molecule has 1 saturated carbocycles. The van der Waals surface area contributed by atoms with E-state index < -0.39 is 11.4 Å². The molecular weight excluding hydrogens is 256 g/mol. The van der Waals surface area contributed by atoms with E-state index in [0.29, 0.717) is 24.7 Å². The van der Waals surface area contributed by atoms with E-state index in [1.807, 2.05) is 17.9 Å². The Balaban J connectivity index is 1.93. The summed E-state index contributed by atoms with van der Waals surface area (Å²) < 4.78 is 0. The summed E-state index contributed by atoms with van der Waals surface area (Å²) in [5.41, 5.74) is 0.404.